The fraction of sp³-hybridized carbons (Fsp3) is 0.500. The molecule has 2 aromatic rings. The zero-order chi connectivity index (χ0) is 47.3. The number of nitrogens with one attached hydrogen (secondary N) is 2. The number of azide groups is 2. The highest BCUT2D eigenvalue weighted by Crippen LogP contribution is 2.66. The number of rotatable bonds is 27. The van der Waals surface area contributed by atoms with E-state index >= 15 is 0 Å². The number of nitrogens with two attached hydrogens (primary N) is 1. The lowest BCUT2D eigenvalue weighted by Crippen LogP contribution is -2.29. The normalized spacial score (nSPS) is 18.1. The molecule has 0 bridgehead atoms. The van der Waals surface area contributed by atoms with Crippen LogP contribution in [0.1, 0.15) is 48.3 Å². The number of carbonyl (C=O) groups excluding carboxylic acids is 3. The minimum absolute atomic E-state index is 0.0221. The molecule has 2 heterocycles. The second-order valence-electron chi connectivity index (χ2n) is 12.8. The zero-order valence-electron chi connectivity index (χ0n) is 33.5. The van der Waals surface area contributed by atoms with Crippen molar-refractivity contribution >= 4 is 46.8 Å². The summed E-state index contributed by atoms with van der Waals surface area (Å²) in [5.74, 6) is 4.74. The summed E-state index contributed by atoms with van der Waals surface area (Å²) in [6.45, 7) is -0.722. The highest BCUT2D eigenvalue weighted by atomic mass is 31.3. The molecule has 0 radical (unpaired) electrons. The number of nitrogens with zero attached hydrogens (tertiary/aromatic N) is 7. The molecular weight excluding hydrogens is 921 g/mol. The van der Waals surface area contributed by atoms with E-state index in [4.69, 9.17) is 50.3 Å². The summed E-state index contributed by atoms with van der Waals surface area (Å²) in [7, 11) is -17.0. The number of aromatic nitrogens is 1. The van der Waals surface area contributed by atoms with Crippen molar-refractivity contribution in [2.24, 2.45) is 10.2 Å². The summed E-state index contributed by atoms with van der Waals surface area (Å²) >= 11 is 0. The van der Waals surface area contributed by atoms with Gasteiger partial charge in [-0.15, -0.1) is 0 Å². The molecule has 1 aliphatic heterocycles. The number of amides is 2. The fourth-order valence-corrected chi connectivity index (χ4v) is 8.19. The number of hydrogen-bond acceptors (Lipinski definition) is 18. The number of Topliss-reactive ketones (excluding diaryl/α,β-unsaturated/α-hetero) is 1. The SMILES string of the molecule is CC(=O)CCCNC(=O)c1cccc(OCC(N=[N+]=[N-])OCCOCC(=O)NCC#Cc2cn(C3CC(OCN=[N+]=[N-])C(COP(=O)(O)OP(=O)(O)OP(=O)(O)O)O3)c(=O)cc2N)c1. The molecule has 32 heteroatoms. The number of anilines is 1. The van der Waals surface area contributed by atoms with Crippen LogP contribution in [0.3, 0.4) is 0 Å². The maximum absolute atomic E-state index is 12.9. The standard InChI is InChI=1S/C32H43N10O19P3/c1-21(43)5-3-10-37-32(46)22-6-2-8-24(13-22)56-19-29(39-41-35)55-12-11-54-18-28(44)36-9-4-7-23-16-42(30(45)14-25(23)33)31-15-26(57-20-38-40-34)27(59-31)17-58-63(50,51)61-64(52,53)60-62(47,48)49/h2,6,8,13-14,16,26-27,29,31H,3,5,9-12,15,17-20,33H2,1H3,(H,36,44)(H,37,46)(H,50,51)(H,52,53)(H2,47,48,49). The van der Waals surface area contributed by atoms with Gasteiger partial charge < -0.3 is 64.4 Å². The first-order valence-corrected chi connectivity index (χ1v) is 22.8. The number of ether oxygens (including phenoxy) is 5. The minimum Gasteiger partial charge on any atom is -0.491 e. The van der Waals surface area contributed by atoms with Gasteiger partial charge in [-0.25, -0.2) is 13.7 Å². The summed E-state index contributed by atoms with van der Waals surface area (Å²) in [5.41, 5.74) is 23.2. The van der Waals surface area contributed by atoms with Gasteiger partial charge in [0, 0.05) is 47.0 Å². The van der Waals surface area contributed by atoms with Gasteiger partial charge in [-0.2, -0.15) is 8.62 Å². The van der Waals surface area contributed by atoms with Gasteiger partial charge >= 0.3 is 23.5 Å². The van der Waals surface area contributed by atoms with Gasteiger partial charge in [-0.3, -0.25) is 23.5 Å². The highest BCUT2D eigenvalue weighted by molar-refractivity contribution is 7.66. The Morgan fingerprint density at radius 2 is 1.84 bits per heavy atom. The van der Waals surface area contributed by atoms with E-state index in [9.17, 15) is 42.7 Å². The molecular formula is C32H43N10O19P3. The quantitative estimate of drug-likeness (QED) is 0.0168. The topological polar surface area (TPSA) is 427 Å². The average Bonchev–Trinajstić information content (AvgIpc) is 3.61. The first-order valence-electron chi connectivity index (χ1n) is 18.3. The summed E-state index contributed by atoms with van der Waals surface area (Å²) in [6.07, 6.45) is -2.84. The van der Waals surface area contributed by atoms with Gasteiger partial charge in [0.25, 0.3) is 11.5 Å². The second kappa shape index (κ2) is 25.9. The lowest BCUT2D eigenvalue weighted by atomic mass is 10.2. The largest absolute Gasteiger partial charge is 0.491 e. The molecule has 2 amide bonds. The first kappa shape index (κ1) is 53.2. The Balaban J connectivity index is 1.49. The van der Waals surface area contributed by atoms with Crippen molar-refractivity contribution in [2.75, 3.05) is 58.6 Å². The molecule has 8 N–H and O–H groups in total. The van der Waals surface area contributed by atoms with E-state index in [0.717, 1.165) is 10.6 Å². The number of ketones is 1. The van der Waals surface area contributed by atoms with Crippen LogP contribution in [0.25, 0.3) is 20.9 Å². The molecule has 0 spiro atoms. The third-order valence-corrected chi connectivity index (χ3v) is 11.7. The van der Waals surface area contributed by atoms with Crippen molar-refractivity contribution < 1.29 is 84.5 Å². The summed E-state index contributed by atoms with van der Waals surface area (Å²) in [5, 5.41) is 11.9. The van der Waals surface area contributed by atoms with Crippen molar-refractivity contribution in [3.63, 3.8) is 0 Å². The lowest BCUT2D eigenvalue weighted by Gasteiger charge is -2.21. The van der Waals surface area contributed by atoms with Crippen LogP contribution < -0.4 is 26.7 Å². The van der Waals surface area contributed by atoms with E-state index in [1.165, 1.54) is 19.2 Å². The van der Waals surface area contributed by atoms with Crippen molar-refractivity contribution in [1.29, 1.82) is 0 Å². The molecule has 1 fully saturated rings. The highest BCUT2D eigenvalue weighted by Gasteiger charge is 2.43. The van der Waals surface area contributed by atoms with Crippen LogP contribution in [0.2, 0.25) is 0 Å². The predicted molar refractivity (Wildman–Crippen MR) is 216 cm³/mol. The van der Waals surface area contributed by atoms with Crippen LogP contribution >= 0.6 is 23.5 Å². The van der Waals surface area contributed by atoms with Crippen molar-refractivity contribution in [3.8, 4) is 17.6 Å². The number of benzene rings is 1. The van der Waals surface area contributed by atoms with E-state index in [1.54, 1.807) is 18.2 Å². The average molecular weight is 965 g/mol. The monoisotopic (exact) mass is 964 g/mol. The van der Waals surface area contributed by atoms with Crippen molar-refractivity contribution in [1.82, 2.24) is 15.2 Å². The molecule has 0 aliphatic carbocycles. The van der Waals surface area contributed by atoms with Crippen LogP contribution in [-0.4, -0.2) is 113 Å². The van der Waals surface area contributed by atoms with E-state index < -0.39 is 79.5 Å². The van der Waals surface area contributed by atoms with Gasteiger partial charge in [0.2, 0.25) is 5.91 Å². The molecule has 1 aliphatic rings. The molecule has 29 nitrogen and oxygen atoms in total. The molecule has 1 aromatic carbocycles. The van der Waals surface area contributed by atoms with Crippen molar-refractivity contribution in [3.05, 3.63) is 78.9 Å². The van der Waals surface area contributed by atoms with E-state index in [0.29, 0.717) is 30.7 Å². The molecule has 3 rings (SSSR count). The third kappa shape index (κ3) is 20.1. The predicted octanol–water partition coefficient (Wildman–Crippen LogP) is 2.03. The van der Waals surface area contributed by atoms with Crippen LogP contribution in [0.15, 0.2) is 51.6 Å². The Bertz CT molecular complexity index is 2330. The van der Waals surface area contributed by atoms with Gasteiger partial charge in [-0.1, -0.05) is 28.1 Å². The molecule has 6 atom stereocenters. The Kier molecular flexibility index (Phi) is 21.5. The number of phosphoric ester groups is 1. The Labute approximate surface area is 362 Å². The van der Waals surface area contributed by atoms with Crippen molar-refractivity contribution in [2.45, 2.75) is 50.8 Å². The molecule has 6 unspecified atom stereocenters. The van der Waals surface area contributed by atoms with Crippen LogP contribution in [-0.2, 0) is 55.4 Å². The molecule has 1 saturated heterocycles. The third-order valence-electron chi connectivity index (χ3n) is 7.86. The lowest BCUT2D eigenvalue weighted by molar-refractivity contribution is -0.126. The molecule has 1 aromatic heterocycles. The Morgan fingerprint density at radius 3 is 2.55 bits per heavy atom. The number of pyridine rings is 1. The number of phosphoric acid groups is 3. The van der Waals surface area contributed by atoms with Gasteiger partial charge in [0.15, 0.2) is 6.23 Å². The Morgan fingerprint density at radius 1 is 1.08 bits per heavy atom. The minimum atomic E-state index is -5.82. The van der Waals surface area contributed by atoms with Crippen LogP contribution in [0, 0.1) is 11.8 Å². The van der Waals surface area contributed by atoms with Gasteiger partial charge in [0.05, 0.1) is 43.7 Å². The second-order valence-corrected chi connectivity index (χ2v) is 17.2. The van der Waals surface area contributed by atoms with Crippen LogP contribution in [0.4, 0.5) is 5.69 Å². The van der Waals surface area contributed by atoms with E-state index in [-0.39, 0.29) is 55.7 Å². The molecule has 64 heavy (non-hydrogen) atoms. The fourth-order valence-electron chi connectivity index (χ4n) is 5.16. The van der Waals surface area contributed by atoms with Gasteiger partial charge in [-0.05, 0) is 42.6 Å². The maximum Gasteiger partial charge on any atom is 0.490 e. The number of nitrogen functional groups attached to an aromatic ring is 1. The summed E-state index contributed by atoms with van der Waals surface area (Å²) < 4.78 is 75.4. The van der Waals surface area contributed by atoms with Gasteiger partial charge in [0.1, 0.15) is 43.8 Å². The van der Waals surface area contributed by atoms with E-state index in [1.807, 2.05) is 0 Å². The molecule has 350 valence electrons. The maximum atomic E-state index is 12.9. The van der Waals surface area contributed by atoms with Crippen LogP contribution in [0.5, 0.6) is 5.75 Å². The number of hydrogen-bond donors (Lipinski definition) is 7. The Hall–Kier alpha value is -5.19. The number of carbonyl (C=O) groups is 3. The first-order chi connectivity index (χ1) is 30.2. The molecule has 0 saturated carbocycles. The smallest absolute Gasteiger partial charge is 0.490 e. The zero-order valence-corrected chi connectivity index (χ0v) is 36.2. The summed E-state index contributed by atoms with van der Waals surface area (Å²) in [6, 6.07) is 7.26. The summed E-state index contributed by atoms with van der Waals surface area (Å²) in [4.78, 5) is 90.6. The van der Waals surface area contributed by atoms with E-state index in [2.05, 4.69) is 55.7 Å².